The fourth-order valence-electron chi connectivity index (χ4n) is 1.81. The zero-order valence-electron chi connectivity index (χ0n) is 13.0. The number of rotatable bonds is 5. The number of halogens is 1. The summed E-state index contributed by atoms with van der Waals surface area (Å²) in [6, 6.07) is 4.83. The Kier molecular flexibility index (Phi) is 6.32. The van der Waals surface area contributed by atoms with Crippen molar-refractivity contribution in [1.82, 2.24) is 5.32 Å². The van der Waals surface area contributed by atoms with Crippen LogP contribution in [0, 0.1) is 5.41 Å². The smallest absolute Gasteiger partial charge is 0.237 e. The Morgan fingerprint density at radius 2 is 2.05 bits per heavy atom. The lowest BCUT2D eigenvalue weighted by Crippen LogP contribution is -2.49. The lowest BCUT2D eigenvalue weighted by molar-refractivity contribution is -0.124. The second-order valence-corrected chi connectivity index (χ2v) is 6.00. The van der Waals surface area contributed by atoms with Crippen molar-refractivity contribution in [2.45, 2.75) is 26.8 Å². The highest BCUT2D eigenvalue weighted by molar-refractivity contribution is 5.85. The van der Waals surface area contributed by atoms with Crippen molar-refractivity contribution >= 4 is 18.3 Å². The van der Waals surface area contributed by atoms with Crippen molar-refractivity contribution in [3.8, 4) is 17.2 Å². The number of hydrogen-bond donors (Lipinski definition) is 2. The summed E-state index contributed by atoms with van der Waals surface area (Å²) in [6.45, 7) is 6.79. The highest BCUT2D eigenvalue weighted by atomic mass is 35.5. The van der Waals surface area contributed by atoms with Crippen molar-refractivity contribution < 1.29 is 19.0 Å². The molecular formula is C15H23ClN2O4. The molecule has 3 N–H and O–H groups in total. The number of carbonyl (C=O) groups is 1. The van der Waals surface area contributed by atoms with Gasteiger partial charge >= 0.3 is 0 Å². The van der Waals surface area contributed by atoms with E-state index in [1.165, 1.54) is 0 Å². The number of nitrogens with one attached hydrogen (secondary N) is 1. The Morgan fingerprint density at radius 3 is 2.73 bits per heavy atom. The predicted octanol–water partition coefficient (Wildman–Crippen LogP) is 1.71. The number of ether oxygens (including phenoxy) is 3. The largest absolute Gasteiger partial charge is 0.492 e. The summed E-state index contributed by atoms with van der Waals surface area (Å²) in [4.78, 5) is 11.8. The molecule has 0 unspecified atom stereocenters. The number of nitrogens with two attached hydrogens (primary N) is 1. The van der Waals surface area contributed by atoms with E-state index in [0.717, 1.165) is 0 Å². The molecule has 1 heterocycles. The van der Waals surface area contributed by atoms with Gasteiger partial charge in [-0.05, 0) is 17.5 Å². The molecule has 6 nitrogen and oxygen atoms in total. The van der Waals surface area contributed by atoms with Crippen LogP contribution in [0.3, 0.4) is 0 Å². The first-order valence-corrected chi connectivity index (χ1v) is 6.93. The van der Waals surface area contributed by atoms with Gasteiger partial charge in [0, 0.05) is 6.07 Å². The van der Waals surface area contributed by atoms with Gasteiger partial charge in [-0.1, -0.05) is 20.8 Å². The van der Waals surface area contributed by atoms with Crippen LogP contribution in [0.25, 0.3) is 0 Å². The third-order valence-corrected chi connectivity index (χ3v) is 3.23. The molecule has 0 aliphatic carbocycles. The first-order chi connectivity index (χ1) is 9.88. The van der Waals surface area contributed by atoms with Crippen molar-refractivity contribution in [3.05, 3.63) is 18.2 Å². The summed E-state index contributed by atoms with van der Waals surface area (Å²) >= 11 is 0. The quantitative estimate of drug-likeness (QED) is 0.803. The Hall–Kier alpha value is -1.66. The van der Waals surface area contributed by atoms with E-state index in [4.69, 9.17) is 19.9 Å². The molecule has 0 bridgehead atoms. The van der Waals surface area contributed by atoms with E-state index in [-0.39, 0.29) is 30.5 Å². The Morgan fingerprint density at radius 1 is 1.36 bits per heavy atom. The topological polar surface area (TPSA) is 82.8 Å². The van der Waals surface area contributed by atoms with Crippen molar-refractivity contribution in [3.63, 3.8) is 0 Å². The number of amides is 1. The number of carbonyl (C=O) groups excluding carboxylic acids is 1. The van der Waals surface area contributed by atoms with E-state index in [2.05, 4.69) is 5.32 Å². The normalized spacial score (nSPS) is 14.0. The zero-order chi connectivity index (χ0) is 15.5. The second kappa shape index (κ2) is 7.56. The van der Waals surface area contributed by atoms with Crippen molar-refractivity contribution in [2.75, 3.05) is 19.9 Å². The summed E-state index contributed by atoms with van der Waals surface area (Å²) in [5, 5.41) is 2.77. The van der Waals surface area contributed by atoms with Gasteiger partial charge in [0.1, 0.15) is 12.4 Å². The molecule has 1 aromatic carbocycles. The van der Waals surface area contributed by atoms with Gasteiger partial charge < -0.3 is 25.3 Å². The standard InChI is InChI=1S/C15H22N2O4.ClH/c1-15(2,3)13(16)14(18)17-6-7-19-10-4-5-11-12(8-10)21-9-20-11;/h4-5,8,13H,6-7,9,16H2,1-3H3,(H,17,18);1H/t13-;/m1./s1. The van der Waals surface area contributed by atoms with Gasteiger partial charge in [0.2, 0.25) is 12.7 Å². The molecule has 1 aromatic rings. The highest BCUT2D eigenvalue weighted by Crippen LogP contribution is 2.34. The summed E-state index contributed by atoms with van der Waals surface area (Å²) < 4.78 is 16.0. The molecule has 1 aliphatic heterocycles. The first-order valence-electron chi connectivity index (χ1n) is 6.93. The van der Waals surface area contributed by atoms with Crippen LogP contribution in [0.4, 0.5) is 0 Å². The molecule has 7 heteroatoms. The lowest BCUT2D eigenvalue weighted by Gasteiger charge is -2.25. The molecule has 1 aliphatic rings. The Labute approximate surface area is 136 Å². The van der Waals surface area contributed by atoms with E-state index in [1.54, 1.807) is 18.2 Å². The van der Waals surface area contributed by atoms with E-state index < -0.39 is 6.04 Å². The second-order valence-electron chi connectivity index (χ2n) is 6.00. The van der Waals surface area contributed by atoms with Gasteiger partial charge in [-0.15, -0.1) is 12.4 Å². The minimum absolute atomic E-state index is 0. The van der Waals surface area contributed by atoms with Crippen LogP contribution in [-0.2, 0) is 4.79 Å². The fourth-order valence-corrected chi connectivity index (χ4v) is 1.81. The molecule has 1 amide bonds. The maximum atomic E-state index is 11.8. The third kappa shape index (κ3) is 4.68. The van der Waals surface area contributed by atoms with Crippen LogP contribution in [0.15, 0.2) is 18.2 Å². The molecule has 0 saturated carbocycles. The average Bonchev–Trinajstić information content (AvgIpc) is 2.89. The van der Waals surface area contributed by atoms with Gasteiger partial charge in [0.05, 0.1) is 12.6 Å². The van der Waals surface area contributed by atoms with Crippen molar-refractivity contribution in [1.29, 1.82) is 0 Å². The predicted molar refractivity (Wildman–Crippen MR) is 85.7 cm³/mol. The molecule has 0 aromatic heterocycles. The van der Waals surface area contributed by atoms with E-state index in [9.17, 15) is 4.79 Å². The minimum atomic E-state index is -0.539. The zero-order valence-corrected chi connectivity index (χ0v) is 13.9. The highest BCUT2D eigenvalue weighted by Gasteiger charge is 2.26. The van der Waals surface area contributed by atoms with Gasteiger partial charge in [0.15, 0.2) is 11.5 Å². The van der Waals surface area contributed by atoms with Crippen LogP contribution in [0.2, 0.25) is 0 Å². The fraction of sp³-hybridized carbons (Fsp3) is 0.533. The van der Waals surface area contributed by atoms with Crippen molar-refractivity contribution in [2.24, 2.45) is 11.1 Å². The van der Waals surface area contributed by atoms with Gasteiger partial charge in [-0.2, -0.15) is 0 Å². The Bertz CT molecular complexity index is 517. The molecule has 0 fully saturated rings. The van der Waals surface area contributed by atoms with Crippen LogP contribution in [0.1, 0.15) is 20.8 Å². The number of fused-ring (bicyclic) bond motifs is 1. The van der Waals surface area contributed by atoms with Crippen LogP contribution in [-0.4, -0.2) is 31.9 Å². The molecule has 0 spiro atoms. The van der Waals surface area contributed by atoms with Gasteiger partial charge in [-0.25, -0.2) is 0 Å². The SMILES string of the molecule is CC(C)(C)[C@H](N)C(=O)NCCOc1ccc2c(c1)OCO2.Cl. The Balaban J connectivity index is 0.00000242. The molecule has 0 saturated heterocycles. The maximum absolute atomic E-state index is 11.8. The molecule has 0 radical (unpaired) electrons. The summed E-state index contributed by atoms with van der Waals surface area (Å²) in [6.07, 6.45) is 0. The molecule has 2 rings (SSSR count). The third-order valence-electron chi connectivity index (χ3n) is 3.23. The minimum Gasteiger partial charge on any atom is -0.492 e. The van der Waals surface area contributed by atoms with E-state index >= 15 is 0 Å². The van der Waals surface area contributed by atoms with Gasteiger partial charge in [-0.3, -0.25) is 4.79 Å². The first kappa shape index (κ1) is 18.4. The maximum Gasteiger partial charge on any atom is 0.237 e. The average molecular weight is 331 g/mol. The number of hydrogen-bond acceptors (Lipinski definition) is 5. The number of benzene rings is 1. The summed E-state index contributed by atoms with van der Waals surface area (Å²) in [7, 11) is 0. The van der Waals surface area contributed by atoms with Crippen LogP contribution in [0.5, 0.6) is 17.2 Å². The van der Waals surface area contributed by atoms with E-state index in [1.807, 2.05) is 20.8 Å². The van der Waals surface area contributed by atoms with E-state index in [0.29, 0.717) is 30.4 Å². The molecule has 22 heavy (non-hydrogen) atoms. The molecule has 1 atom stereocenters. The van der Waals surface area contributed by atoms with Gasteiger partial charge in [0.25, 0.3) is 0 Å². The van der Waals surface area contributed by atoms with Crippen LogP contribution >= 0.6 is 12.4 Å². The summed E-state index contributed by atoms with van der Waals surface area (Å²) in [5.41, 5.74) is 5.60. The lowest BCUT2D eigenvalue weighted by atomic mass is 9.87. The monoisotopic (exact) mass is 330 g/mol. The summed E-state index contributed by atoms with van der Waals surface area (Å²) in [5.74, 6) is 1.89. The van der Waals surface area contributed by atoms with Crippen LogP contribution < -0.4 is 25.3 Å². The molecular weight excluding hydrogens is 308 g/mol. The molecule has 124 valence electrons.